The molecule has 1 saturated heterocycles. The average Bonchev–Trinajstić information content (AvgIpc) is 2.63. The van der Waals surface area contributed by atoms with Crippen molar-refractivity contribution in [2.24, 2.45) is 0 Å². The monoisotopic (exact) mass is 366 g/mol. The SMILES string of the molecule is COc1cc(Cl)c(Oc2nc(C)nc(N3CCOCC3)n2)c(OC)c1. The summed E-state index contributed by atoms with van der Waals surface area (Å²) in [5.41, 5.74) is 0. The average molecular weight is 367 g/mol. The second kappa shape index (κ2) is 7.71. The lowest BCUT2D eigenvalue weighted by Crippen LogP contribution is -2.37. The van der Waals surface area contributed by atoms with Gasteiger partial charge in [0.15, 0.2) is 11.5 Å². The van der Waals surface area contributed by atoms with Gasteiger partial charge in [0.05, 0.1) is 32.5 Å². The van der Waals surface area contributed by atoms with E-state index < -0.39 is 0 Å². The molecular formula is C16H19ClN4O4. The molecule has 25 heavy (non-hydrogen) atoms. The van der Waals surface area contributed by atoms with E-state index in [0.717, 1.165) is 13.1 Å². The third-order valence-corrected chi connectivity index (χ3v) is 3.92. The van der Waals surface area contributed by atoms with E-state index in [2.05, 4.69) is 15.0 Å². The lowest BCUT2D eigenvalue weighted by atomic mass is 10.3. The van der Waals surface area contributed by atoms with Crippen LogP contribution in [0.2, 0.25) is 5.02 Å². The van der Waals surface area contributed by atoms with Crippen LogP contribution in [-0.4, -0.2) is 55.5 Å². The number of nitrogens with zero attached hydrogens (tertiary/aromatic N) is 4. The Labute approximate surface area is 150 Å². The molecule has 1 aromatic carbocycles. The van der Waals surface area contributed by atoms with Crippen LogP contribution in [0.5, 0.6) is 23.3 Å². The lowest BCUT2D eigenvalue weighted by molar-refractivity contribution is 0.122. The fourth-order valence-corrected chi connectivity index (χ4v) is 2.64. The van der Waals surface area contributed by atoms with Crippen molar-refractivity contribution >= 4 is 17.5 Å². The van der Waals surface area contributed by atoms with Crippen molar-refractivity contribution in [3.05, 3.63) is 23.0 Å². The Bertz CT molecular complexity index is 753. The Kier molecular flexibility index (Phi) is 5.40. The molecule has 0 amide bonds. The van der Waals surface area contributed by atoms with Crippen LogP contribution in [0.1, 0.15) is 5.82 Å². The Balaban J connectivity index is 1.91. The molecule has 3 rings (SSSR count). The molecule has 0 N–H and O–H groups in total. The van der Waals surface area contributed by atoms with Crippen molar-refractivity contribution in [3.8, 4) is 23.3 Å². The fourth-order valence-electron chi connectivity index (χ4n) is 2.40. The molecule has 8 nitrogen and oxygen atoms in total. The number of ether oxygens (including phenoxy) is 4. The maximum absolute atomic E-state index is 6.29. The molecule has 1 aliphatic heterocycles. The number of morpholine rings is 1. The molecule has 1 aliphatic rings. The summed E-state index contributed by atoms with van der Waals surface area (Å²) in [4.78, 5) is 15.0. The van der Waals surface area contributed by atoms with Gasteiger partial charge in [-0.3, -0.25) is 0 Å². The van der Waals surface area contributed by atoms with Crippen molar-refractivity contribution < 1.29 is 18.9 Å². The number of hydrogen-bond donors (Lipinski definition) is 0. The zero-order valence-corrected chi connectivity index (χ0v) is 15.0. The zero-order valence-electron chi connectivity index (χ0n) is 14.3. The zero-order chi connectivity index (χ0) is 17.8. The maximum atomic E-state index is 6.29. The minimum absolute atomic E-state index is 0.152. The first-order chi connectivity index (χ1) is 12.1. The summed E-state index contributed by atoms with van der Waals surface area (Å²) in [5, 5.41) is 0.335. The Morgan fingerprint density at radius 2 is 1.84 bits per heavy atom. The van der Waals surface area contributed by atoms with E-state index in [4.69, 9.17) is 30.5 Å². The molecule has 0 atom stereocenters. The summed E-state index contributed by atoms with van der Waals surface area (Å²) < 4.78 is 21.7. The van der Waals surface area contributed by atoms with Crippen LogP contribution in [-0.2, 0) is 4.74 Å². The largest absolute Gasteiger partial charge is 0.497 e. The summed E-state index contributed by atoms with van der Waals surface area (Å²) in [6.07, 6.45) is 0. The summed E-state index contributed by atoms with van der Waals surface area (Å²) in [6, 6.07) is 3.47. The van der Waals surface area contributed by atoms with Crippen LogP contribution in [0.25, 0.3) is 0 Å². The highest BCUT2D eigenvalue weighted by Gasteiger charge is 2.19. The molecule has 9 heteroatoms. The number of aromatic nitrogens is 3. The van der Waals surface area contributed by atoms with Gasteiger partial charge in [-0.2, -0.15) is 15.0 Å². The van der Waals surface area contributed by atoms with Gasteiger partial charge in [0.2, 0.25) is 5.95 Å². The molecule has 0 spiro atoms. The quantitative estimate of drug-likeness (QED) is 0.798. The van der Waals surface area contributed by atoms with Crippen molar-refractivity contribution in [2.75, 3.05) is 45.4 Å². The standard InChI is InChI=1S/C16H19ClN4O4/c1-10-18-15(21-4-6-24-7-5-21)20-16(19-10)25-14-12(17)8-11(22-2)9-13(14)23-3/h8-9H,4-7H2,1-3H3. The predicted molar refractivity (Wildman–Crippen MR) is 92.2 cm³/mol. The number of benzene rings is 1. The van der Waals surface area contributed by atoms with Crippen LogP contribution in [0, 0.1) is 6.92 Å². The van der Waals surface area contributed by atoms with Crippen molar-refractivity contribution in [1.29, 1.82) is 0 Å². The number of halogens is 1. The first-order valence-electron chi connectivity index (χ1n) is 7.75. The fraction of sp³-hybridized carbons (Fsp3) is 0.438. The summed E-state index contributed by atoms with van der Waals surface area (Å²) in [6.45, 7) is 4.49. The van der Waals surface area contributed by atoms with Crippen molar-refractivity contribution in [1.82, 2.24) is 15.0 Å². The van der Waals surface area contributed by atoms with Crippen LogP contribution in [0.3, 0.4) is 0 Å². The molecule has 0 saturated carbocycles. The molecule has 0 bridgehead atoms. The Hall–Kier alpha value is -2.32. The maximum Gasteiger partial charge on any atom is 0.327 e. The molecule has 2 aromatic rings. The van der Waals surface area contributed by atoms with E-state index in [1.807, 2.05) is 4.90 Å². The van der Waals surface area contributed by atoms with Gasteiger partial charge in [0.25, 0.3) is 0 Å². The van der Waals surface area contributed by atoms with Crippen molar-refractivity contribution in [3.63, 3.8) is 0 Å². The molecule has 0 radical (unpaired) electrons. The van der Waals surface area contributed by atoms with E-state index in [9.17, 15) is 0 Å². The van der Waals surface area contributed by atoms with Gasteiger partial charge in [-0.1, -0.05) is 11.6 Å². The summed E-state index contributed by atoms with van der Waals surface area (Å²) in [5.74, 6) is 2.42. The number of aryl methyl sites for hydroxylation is 1. The summed E-state index contributed by atoms with van der Waals surface area (Å²) in [7, 11) is 3.07. The minimum Gasteiger partial charge on any atom is -0.497 e. The van der Waals surface area contributed by atoms with Crippen LogP contribution < -0.4 is 19.1 Å². The first-order valence-corrected chi connectivity index (χ1v) is 8.13. The minimum atomic E-state index is 0.152. The highest BCUT2D eigenvalue weighted by Crippen LogP contribution is 2.40. The van der Waals surface area contributed by atoms with E-state index >= 15 is 0 Å². The first kappa shape index (κ1) is 17.5. The van der Waals surface area contributed by atoms with E-state index in [1.54, 1.807) is 26.2 Å². The summed E-state index contributed by atoms with van der Waals surface area (Å²) >= 11 is 6.29. The van der Waals surface area contributed by atoms with E-state index in [1.165, 1.54) is 7.11 Å². The van der Waals surface area contributed by atoms with Crippen LogP contribution in [0.4, 0.5) is 5.95 Å². The van der Waals surface area contributed by atoms with Gasteiger partial charge in [-0.05, 0) is 6.92 Å². The van der Waals surface area contributed by atoms with Crippen LogP contribution in [0.15, 0.2) is 12.1 Å². The van der Waals surface area contributed by atoms with E-state index in [0.29, 0.717) is 47.3 Å². The third-order valence-electron chi connectivity index (χ3n) is 3.64. The highest BCUT2D eigenvalue weighted by molar-refractivity contribution is 6.32. The molecular weight excluding hydrogens is 348 g/mol. The Morgan fingerprint density at radius 1 is 1.08 bits per heavy atom. The second-order valence-corrected chi connectivity index (χ2v) is 5.71. The topological polar surface area (TPSA) is 78.8 Å². The highest BCUT2D eigenvalue weighted by atomic mass is 35.5. The Morgan fingerprint density at radius 3 is 2.52 bits per heavy atom. The second-order valence-electron chi connectivity index (χ2n) is 5.31. The van der Waals surface area contributed by atoms with Crippen molar-refractivity contribution in [2.45, 2.75) is 6.92 Å². The number of anilines is 1. The lowest BCUT2D eigenvalue weighted by Gasteiger charge is -2.26. The van der Waals surface area contributed by atoms with E-state index in [-0.39, 0.29) is 6.01 Å². The van der Waals surface area contributed by atoms with Crippen LogP contribution >= 0.6 is 11.6 Å². The third kappa shape index (κ3) is 4.02. The smallest absolute Gasteiger partial charge is 0.327 e. The number of methoxy groups -OCH3 is 2. The normalized spacial score (nSPS) is 14.3. The van der Waals surface area contributed by atoms with Gasteiger partial charge in [-0.25, -0.2) is 0 Å². The number of hydrogen-bond acceptors (Lipinski definition) is 8. The van der Waals surface area contributed by atoms with Gasteiger partial charge >= 0.3 is 6.01 Å². The van der Waals surface area contributed by atoms with Gasteiger partial charge in [0.1, 0.15) is 11.6 Å². The molecule has 1 aromatic heterocycles. The predicted octanol–water partition coefficient (Wildman–Crippen LogP) is 2.48. The molecule has 0 unspecified atom stereocenters. The van der Waals surface area contributed by atoms with Gasteiger partial charge in [0, 0.05) is 25.2 Å². The number of rotatable bonds is 5. The van der Waals surface area contributed by atoms with Gasteiger partial charge < -0.3 is 23.8 Å². The molecule has 2 heterocycles. The molecule has 0 aliphatic carbocycles. The molecule has 134 valence electrons. The molecule has 1 fully saturated rings. The van der Waals surface area contributed by atoms with Gasteiger partial charge in [-0.15, -0.1) is 0 Å².